The number of nitriles is 1. The predicted molar refractivity (Wildman–Crippen MR) is 171 cm³/mol. The van der Waals surface area contributed by atoms with Crippen LogP contribution in [0.1, 0.15) is 36.1 Å². The Morgan fingerprint density at radius 1 is 1.11 bits per heavy atom. The van der Waals surface area contributed by atoms with Gasteiger partial charge < -0.3 is 29.4 Å². The lowest BCUT2D eigenvalue weighted by atomic mass is 9.99. The number of hydrogen-bond acceptors (Lipinski definition) is 9. The van der Waals surface area contributed by atoms with Crippen LogP contribution in [0.5, 0.6) is 6.01 Å². The second-order valence-corrected chi connectivity index (χ2v) is 12.2. The minimum Gasteiger partial charge on any atom is -0.462 e. The molecule has 0 spiro atoms. The number of aromatic nitrogens is 2. The van der Waals surface area contributed by atoms with Gasteiger partial charge in [0.1, 0.15) is 12.4 Å². The van der Waals surface area contributed by atoms with Crippen LogP contribution in [-0.2, 0) is 17.8 Å². The molecule has 2 aromatic carbocycles. The second-order valence-electron chi connectivity index (χ2n) is 12.2. The monoisotopic (exact) mass is 595 g/mol. The number of rotatable bonds is 8. The van der Waals surface area contributed by atoms with E-state index in [9.17, 15) is 15.2 Å². The Morgan fingerprint density at radius 3 is 2.68 bits per heavy atom. The Morgan fingerprint density at radius 2 is 1.93 bits per heavy atom. The molecule has 3 aromatic rings. The molecule has 1 aromatic heterocycles. The number of hydrogen-bond donors (Lipinski definition) is 1. The van der Waals surface area contributed by atoms with Gasteiger partial charge in [-0.3, -0.25) is 4.79 Å². The number of amides is 1. The molecule has 2 saturated heterocycles. The van der Waals surface area contributed by atoms with Gasteiger partial charge in [0.25, 0.3) is 5.91 Å². The van der Waals surface area contributed by atoms with Crippen LogP contribution < -0.4 is 14.5 Å². The summed E-state index contributed by atoms with van der Waals surface area (Å²) < 4.78 is 6.30. The number of likely N-dealkylation sites (N-methyl/N-ethyl adjacent to an activating group) is 1. The van der Waals surface area contributed by atoms with E-state index in [1.165, 1.54) is 22.0 Å². The van der Waals surface area contributed by atoms with Crippen LogP contribution in [0.2, 0.25) is 0 Å². The summed E-state index contributed by atoms with van der Waals surface area (Å²) in [6, 6.07) is 15.5. The molecule has 10 nitrogen and oxygen atoms in total. The van der Waals surface area contributed by atoms with Crippen molar-refractivity contribution in [3.05, 3.63) is 65.4 Å². The Hall–Kier alpha value is -4.20. The van der Waals surface area contributed by atoms with Gasteiger partial charge >= 0.3 is 6.01 Å². The normalized spacial score (nSPS) is 20.5. The van der Waals surface area contributed by atoms with E-state index in [1.807, 2.05) is 0 Å². The van der Waals surface area contributed by atoms with Crippen LogP contribution in [0.15, 0.2) is 48.6 Å². The molecule has 44 heavy (non-hydrogen) atoms. The number of nitrogens with zero attached hydrogens (tertiary/aromatic N) is 7. The Balaban J connectivity index is 1.33. The Kier molecular flexibility index (Phi) is 8.69. The summed E-state index contributed by atoms with van der Waals surface area (Å²) in [6.07, 6.45) is 3.20. The third-order valence-electron chi connectivity index (χ3n) is 9.39. The zero-order valence-corrected chi connectivity index (χ0v) is 25.7. The first kappa shape index (κ1) is 29.9. The zero-order valence-electron chi connectivity index (χ0n) is 25.7. The summed E-state index contributed by atoms with van der Waals surface area (Å²) in [5, 5.41) is 21.6. The number of aryl methyl sites for hydroxylation is 1. The molecule has 0 aliphatic carbocycles. The molecule has 1 N–H and O–H groups in total. The highest BCUT2D eigenvalue weighted by molar-refractivity contribution is 5.97. The average molecular weight is 596 g/mol. The Bertz CT molecular complexity index is 1600. The standard InChI is InChI=1S/C34H41N7O3/c1-23-7-4-8-25-9-5-11-30(31(23)25)39-16-13-28-29(20-39)36-34(44-22-27-10-6-15-38(27)3)37-32(28)40-17-18-41(26(19-40)12-14-35)33(43)24(2)21-42/h4-5,7-9,11,26-27,42H,2,6,10,12-13,15-22H2,1,3H3/t26-,27-/m0/s1. The fourth-order valence-electron chi connectivity index (χ4n) is 6.92. The summed E-state index contributed by atoms with van der Waals surface area (Å²) in [7, 11) is 2.13. The highest BCUT2D eigenvalue weighted by Gasteiger charge is 2.35. The molecule has 10 heteroatoms. The first-order valence-corrected chi connectivity index (χ1v) is 15.6. The van der Waals surface area contributed by atoms with Crippen molar-refractivity contribution < 1.29 is 14.6 Å². The van der Waals surface area contributed by atoms with Crippen molar-refractivity contribution in [2.75, 3.05) is 62.8 Å². The molecule has 230 valence electrons. The maximum atomic E-state index is 13.0. The SMILES string of the molecule is C=C(CO)C(=O)N1CCN(c2nc(OC[C@@H]3CCCN3C)nc3c2CCN(c2cccc4cccc(C)c24)C3)C[C@@H]1CC#N. The molecule has 0 bridgehead atoms. The lowest BCUT2D eigenvalue weighted by Gasteiger charge is -2.42. The molecular formula is C34H41N7O3. The summed E-state index contributed by atoms with van der Waals surface area (Å²) in [6.45, 7) is 9.95. The fourth-order valence-corrected chi connectivity index (χ4v) is 6.92. The van der Waals surface area contributed by atoms with Gasteiger partial charge in [-0.25, -0.2) is 0 Å². The smallest absolute Gasteiger partial charge is 0.318 e. The Labute approximate surface area is 259 Å². The van der Waals surface area contributed by atoms with Gasteiger partial charge in [-0.05, 0) is 56.8 Å². The molecule has 4 heterocycles. The van der Waals surface area contributed by atoms with Crippen molar-refractivity contribution >= 4 is 28.2 Å². The topological polar surface area (TPSA) is 109 Å². The molecule has 0 saturated carbocycles. The number of benzene rings is 2. The quantitative estimate of drug-likeness (QED) is 0.392. The predicted octanol–water partition coefficient (Wildman–Crippen LogP) is 3.45. The van der Waals surface area contributed by atoms with Gasteiger partial charge in [-0.1, -0.05) is 36.9 Å². The van der Waals surface area contributed by atoms with Gasteiger partial charge in [0, 0.05) is 54.4 Å². The van der Waals surface area contributed by atoms with Crippen LogP contribution in [0.25, 0.3) is 10.8 Å². The van der Waals surface area contributed by atoms with Crippen molar-refractivity contribution in [3.63, 3.8) is 0 Å². The number of aliphatic hydroxyl groups excluding tert-OH is 1. The highest BCUT2D eigenvalue weighted by Crippen LogP contribution is 2.36. The van der Waals surface area contributed by atoms with E-state index in [-0.39, 0.29) is 23.9 Å². The lowest BCUT2D eigenvalue weighted by molar-refractivity contribution is -0.130. The third-order valence-corrected chi connectivity index (χ3v) is 9.39. The number of carbonyl (C=O) groups is 1. The van der Waals surface area contributed by atoms with Crippen LogP contribution in [0.4, 0.5) is 11.5 Å². The van der Waals surface area contributed by atoms with Crippen LogP contribution in [-0.4, -0.2) is 95.9 Å². The lowest BCUT2D eigenvalue weighted by Crippen LogP contribution is -2.56. The molecule has 2 fully saturated rings. The van der Waals surface area contributed by atoms with Gasteiger partial charge in [0.05, 0.1) is 37.4 Å². The van der Waals surface area contributed by atoms with E-state index in [1.54, 1.807) is 4.90 Å². The van der Waals surface area contributed by atoms with Gasteiger partial charge in [0.15, 0.2) is 0 Å². The maximum absolute atomic E-state index is 13.0. The zero-order chi connectivity index (χ0) is 30.8. The van der Waals surface area contributed by atoms with Crippen LogP contribution >= 0.6 is 0 Å². The number of anilines is 2. The van der Waals surface area contributed by atoms with E-state index < -0.39 is 6.61 Å². The molecule has 3 aliphatic heterocycles. The number of carbonyl (C=O) groups excluding carboxylic acids is 1. The average Bonchev–Trinajstić information content (AvgIpc) is 3.46. The fraction of sp³-hybridized carbons (Fsp3) is 0.471. The molecule has 0 unspecified atom stereocenters. The minimum absolute atomic E-state index is 0.136. The summed E-state index contributed by atoms with van der Waals surface area (Å²) >= 11 is 0. The number of piperazine rings is 1. The molecular weight excluding hydrogens is 554 g/mol. The van der Waals surface area contributed by atoms with Crippen molar-refractivity contribution in [2.45, 2.75) is 51.2 Å². The summed E-state index contributed by atoms with van der Waals surface area (Å²) in [4.78, 5) is 31.5. The van der Waals surface area contributed by atoms with E-state index in [0.717, 1.165) is 49.4 Å². The molecule has 2 atom stereocenters. The number of aliphatic hydroxyl groups is 1. The summed E-state index contributed by atoms with van der Waals surface area (Å²) in [5.41, 5.74) is 4.63. The number of ether oxygens (including phenoxy) is 1. The first-order chi connectivity index (χ1) is 21.4. The van der Waals surface area contributed by atoms with E-state index in [2.05, 4.69) is 77.7 Å². The van der Waals surface area contributed by atoms with Crippen molar-refractivity contribution in [1.82, 2.24) is 19.8 Å². The number of fused-ring (bicyclic) bond motifs is 2. The van der Waals surface area contributed by atoms with Gasteiger partial charge in [-0.15, -0.1) is 0 Å². The van der Waals surface area contributed by atoms with Crippen molar-refractivity contribution in [2.24, 2.45) is 0 Å². The minimum atomic E-state index is -0.401. The molecule has 0 radical (unpaired) electrons. The van der Waals surface area contributed by atoms with Gasteiger partial charge in [0.2, 0.25) is 0 Å². The second kappa shape index (κ2) is 12.8. The van der Waals surface area contributed by atoms with Crippen LogP contribution in [0.3, 0.4) is 0 Å². The van der Waals surface area contributed by atoms with Crippen molar-refractivity contribution in [3.8, 4) is 12.1 Å². The molecule has 3 aliphatic rings. The van der Waals surface area contributed by atoms with E-state index in [4.69, 9.17) is 14.7 Å². The van der Waals surface area contributed by atoms with E-state index >= 15 is 0 Å². The highest BCUT2D eigenvalue weighted by atomic mass is 16.5. The summed E-state index contributed by atoms with van der Waals surface area (Å²) in [5.74, 6) is 0.525. The largest absolute Gasteiger partial charge is 0.462 e. The third kappa shape index (κ3) is 5.82. The van der Waals surface area contributed by atoms with Crippen LogP contribution in [0, 0.1) is 18.3 Å². The van der Waals surface area contributed by atoms with Crippen molar-refractivity contribution in [1.29, 1.82) is 5.26 Å². The molecule has 1 amide bonds. The van der Waals surface area contributed by atoms with E-state index in [0.29, 0.717) is 44.8 Å². The number of likely N-dealkylation sites (tertiary alicyclic amines) is 1. The molecule has 6 rings (SSSR count). The van der Waals surface area contributed by atoms with Gasteiger partial charge in [-0.2, -0.15) is 15.2 Å². The first-order valence-electron chi connectivity index (χ1n) is 15.6. The maximum Gasteiger partial charge on any atom is 0.318 e.